The number of esters is 1. The van der Waals surface area contributed by atoms with Crippen molar-refractivity contribution in [1.82, 2.24) is 5.32 Å². The van der Waals surface area contributed by atoms with Crippen LogP contribution in [0.5, 0.6) is 11.5 Å². The third kappa shape index (κ3) is 5.45. The lowest BCUT2D eigenvalue weighted by molar-refractivity contribution is -0.145. The number of aliphatic hydroxyl groups is 1. The molecule has 30 heavy (non-hydrogen) atoms. The number of carbonyl (C=O) groups excluding carboxylic acids is 1. The Hall–Kier alpha value is -2.28. The van der Waals surface area contributed by atoms with Crippen molar-refractivity contribution >= 4 is 17.6 Å². The molecule has 0 saturated carbocycles. The number of benzene rings is 2. The van der Waals surface area contributed by atoms with Gasteiger partial charge in [0.25, 0.3) is 0 Å². The van der Waals surface area contributed by atoms with Crippen LogP contribution >= 0.6 is 11.6 Å². The molecule has 7 heteroatoms. The lowest BCUT2D eigenvalue weighted by Gasteiger charge is -2.42. The molecule has 1 aliphatic heterocycles. The maximum atomic E-state index is 11.4. The third-order valence-electron chi connectivity index (χ3n) is 5.07. The molecule has 0 radical (unpaired) electrons. The molecule has 162 valence electrons. The number of carbonyl (C=O) groups is 1. The number of rotatable bonds is 8. The summed E-state index contributed by atoms with van der Waals surface area (Å²) in [6.07, 6.45) is 0.0656. The molecule has 2 aromatic rings. The fraction of sp³-hybridized carbons (Fsp3) is 0.435. The van der Waals surface area contributed by atoms with Crippen molar-refractivity contribution in [2.24, 2.45) is 0 Å². The second-order valence-corrected chi connectivity index (χ2v) is 8.19. The van der Waals surface area contributed by atoms with Crippen LogP contribution in [0.4, 0.5) is 0 Å². The molecule has 0 spiro atoms. The summed E-state index contributed by atoms with van der Waals surface area (Å²) in [5, 5.41) is 14.9. The van der Waals surface area contributed by atoms with Gasteiger partial charge in [-0.3, -0.25) is 0 Å². The lowest BCUT2D eigenvalue weighted by atomic mass is 9.86. The summed E-state index contributed by atoms with van der Waals surface area (Å²) in [5.74, 6) is 0.927. The summed E-state index contributed by atoms with van der Waals surface area (Å²) in [5.41, 5.74) is 1.28. The number of hydrogen-bond acceptors (Lipinski definition) is 6. The molecule has 2 aromatic carbocycles. The Morgan fingerprint density at radius 2 is 1.97 bits per heavy atom. The molecular formula is C23H28ClNO5. The van der Waals surface area contributed by atoms with E-state index < -0.39 is 11.7 Å². The lowest BCUT2D eigenvalue weighted by Crippen LogP contribution is -2.52. The van der Waals surface area contributed by atoms with E-state index in [1.54, 1.807) is 19.1 Å². The molecule has 3 rings (SSSR count). The van der Waals surface area contributed by atoms with Gasteiger partial charge in [0.2, 0.25) is 0 Å². The van der Waals surface area contributed by atoms with Gasteiger partial charge >= 0.3 is 5.97 Å². The Morgan fingerprint density at radius 3 is 2.67 bits per heavy atom. The van der Waals surface area contributed by atoms with Gasteiger partial charge in [0, 0.05) is 10.6 Å². The van der Waals surface area contributed by atoms with Crippen molar-refractivity contribution in [1.29, 1.82) is 0 Å². The van der Waals surface area contributed by atoms with Gasteiger partial charge in [-0.05, 0) is 63.6 Å². The minimum absolute atomic E-state index is 0.102. The largest absolute Gasteiger partial charge is 0.485 e. The number of ether oxygens (including phenoxy) is 3. The maximum Gasteiger partial charge on any atom is 0.344 e. The van der Waals surface area contributed by atoms with E-state index in [4.69, 9.17) is 25.8 Å². The van der Waals surface area contributed by atoms with E-state index in [2.05, 4.69) is 5.32 Å². The Labute approximate surface area is 182 Å². The molecule has 2 atom stereocenters. The Bertz CT molecular complexity index is 868. The highest BCUT2D eigenvalue weighted by Crippen LogP contribution is 2.40. The van der Waals surface area contributed by atoms with Crippen LogP contribution in [0.1, 0.15) is 37.9 Å². The van der Waals surface area contributed by atoms with E-state index in [1.807, 2.05) is 44.2 Å². The zero-order valence-corrected chi connectivity index (χ0v) is 18.2. The van der Waals surface area contributed by atoms with Gasteiger partial charge in [-0.25, -0.2) is 4.79 Å². The van der Waals surface area contributed by atoms with Crippen molar-refractivity contribution in [3.63, 3.8) is 0 Å². The Kier molecular flexibility index (Phi) is 7.23. The fourth-order valence-electron chi connectivity index (χ4n) is 3.46. The molecule has 0 fully saturated rings. The SMILES string of the molecule is CCOC(=O)COc1ccc(CCNC2c3ccc(Cl)cc3OC(C)(C)C2O)cc1. The van der Waals surface area contributed by atoms with Crippen LogP contribution in [0.2, 0.25) is 5.02 Å². The van der Waals surface area contributed by atoms with E-state index >= 15 is 0 Å². The molecule has 6 nitrogen and oxygen atoms in total. The monoisotopic (exact) mass is 433 g/mol. The van der Waals surface area contributed by atoms with Crippen molar-refractivity contribution in [2.75, 3.05) is 19.8 Å². The number of hydrogen-bond donors (Lipinski definition) is 2. The first kappa shape index (κ1) is 22.4. The Balaban J connectivity index is 1.57. The summed E-state index contributed by atoms with van der Waals surface area (Å²) in [4.78, 5) is 11.4. The number of nitrogens with one attached hydrogen (secondary N) is 1. The Morgan fingerprint density at radius 1 is 1.23 bits per heavy atom. The second-order valence-electron chi connectivity index (χ2n) is 7.75. The van der Waals surface area contributed by atoms with Crippen LogP contribution < -0.4 is 14.8 Å². The highest BCUT2D eigenvalue weighted by atomic mass is 35.5. The first-order valence-electron chi connectivity index (χ1n) is 10.1. The normalized spacial score (nSPS) is 19.5. The van der Waals surface area contributed by atoms with Gasteiger partial charge in [-0.1, -0.05) is 29.8 Å². The molecule has 0 aliphatic carbocycles. The standard InChI is InChI=1S/C23H28ClNO5/c1-4-28-20(26)14-29-17-8-5-15(6-9-17)11-12-25-21-18-10-7-16(24)13-19(18)30-23(2,3)22(21)27/h5-10,13,21-22,25,27H,4,11-12,14H2,1-3H3. The molecule has 1 aliphatic rings. The molecule has 2 N–H and O–H groups in total. The van der Waals surface area contributed by atoms with E-state index in [1.165, 1.54) is 0 Å². The molecule has 0 aromatic heterocycles. The van der Waals surface area contributed by atoms with Crippen LogP contribution in [0.15, 0.2) is 42.5 Å². The number of aliphatic hydroxyl groups excluding tert-OH is 1. The van der Waals surface area contributed by atoms with E-state index in [0.29, 0.717) is 29.7 Å². The van der Waals surface area contributed by atoms with Crippen LogP contribution in [-0.2, 0) is 16.0 Å². The molecule has 0 saturated heterocycles. The van der Waals surface area contributed by atoms with E-state index in [0.717, 1.165) is 17.5 Å². The smallest absolute Gasteiger partial charge is 0.344 e. The van der Waals surface area contributed by atoms with Gasteiger partial charge in [0.1, 0.15) is 23.2 Å². The topological polar surface area (TPSA) is 77.0 Å². The first-order valence-corrected chi connectivity index (χ1v) is 10.4. The predicted molar refractivity (Wildman–Crippen MR) is 115 cm³/mol. The first-order chi connectivity index (χ1) is 14.3. The summed E-state index contributed by atoms with van der Waals surface area (Å²) in [6, 6.07) is 12.8. The predicted octanol–water partition coefficient (Wildman–Crippen LogP) is 3.69. The van der Waals surface area contributed by atoms with Crippen molar-refractivity contribution in [3.8, 4) is 11.5 Å². The van der Waals surface area contributed by atoms with Gasteiger partial charge in [0.15, 0.2) is 6.61 Å². The fourth-order valence-corrected chi connectivity index (χ4v) is 3.62. The maximum absolute atomic E-state index is 11.4. The zero-order chi connectivity index (χ0) is 21.7. The molecule has 0 amide bonds. The third-order valence-corrected chi connectivity index (χ3v) is 5.31. The molecule has 2 unspecified atom stereocenters. The van der Waals surface area contributed by atoms with Gasteiger partial charge in [-0.15, -0.1) is 0 Å². The molecule has 1 heterocycles. The number of halogens is 1. The average Bonchev–Trinajstić information content (AvgIpc) is 2.70. The summed E-state index contributed by atoms with van der Waals surface area (Å²) in [7, 11) is 0. The molecular weight excluding hydrogens is 406 g/mol. The number of fused-ring (bicyclic) bond motifs is 1. The van der Waals surface area contributed by atoms with Gasteiger partial charge in [0.05, 0.1) is 12.6 Å². The van der Waals surface area contributed by atoms with E-state index in [-0.39, 0.29) is 18.6 Å². The summed E-state index contributed by atoms with van der Waals surface area (Å²) >= 11 is 6.11. The van der Waals surface area contributed by atoms with Crippen LogP contribution in [0.25, 0.3) is 0 Å². The highest BCUT2D eigenvalue weighted by Gasteiger charge is 2.42. The van der Waals surface area contributed by atoms with Crippen molar-refractivity contribution < 1.29 is 24.1 Å². The van der Waals surface area contributed by atoms with Crippen molar-refractivity contribution in [2.45, 2.75) is 44.9 Å². The summed E-state index contributed by atoms with van der Waals surface area (Å²) < 4.78 is 16.2. The molecule has 0 bridgehead atoms. The summed E-state index contributed by atoms with van der Waals surface area (Å²) in [6.45, 7) is 6.40. The van der Waals surface area contributed by atoms with Crippen molar-refractivity contribution in [3.05, 3.63) is 58.6 Å². The van der Waals surface area contributed by atoms with Crippen LogP contribution in [-0.4, -0.2) is 42.5 Å². The average molecular weight is 434 g/mol. The van der Waals surface area contributed by atoms with Gasteiger partial charge < -0.3 is 24.6 Å². The van der Waals surface area contributed by atoms with Crippen LogP contribution in [0.3, 0.4) is 0 Å². The quantitative estimate of drug-likeness (QED) is 0.618. The van der Waals surface area contributed by atoms with Gasteiger partial charge in [-0.2, -0.15) is 0 Å². The minimum Gasteiger partial charge on any atom is -0.485 e. The second kappa shape index (κ2) is 9.69. The zero-order valence-electron chi connectivity index (χ0n) is 17.5. The van der Waals surface area contributed by atoms with Crippen LogP contribution in [0, 0.1) is 0 Å². The highest BCUT2D eigenvalue weighted by molar-refractivity contribution is 6.30. The minimum atomic E-state index is -0.729. The van der Waals surface area contributed by atoms with E-state index in [9.17, 15) is 9.90 Å².